The van der Waals surface area contributed by atoms with E-state index in [4.69, 9.17) is 0 Å². The van der Waals surface area contributed by atoms with Crippen LogP contribution in [0.15, 0.2) is 12.4 Å². The Morgan fingerprint density at radius 3 is 2.94 bits per heavy atom. The van der Waals surface area contributed by atoms with Gasteiger partial charge in [-0.05, 0) is 12.3 Å². The maximum Gasteiger partial charge on any atom is 0.217 e. The summed E-state index contributed by atoms with van der Waals surface area (Å²) in [6, 6.07) is 1.18. The second-order valence-corrected chi connectivity index (χ2v) is 6.10. The van der Waals surface area contributed by atoms with Crippen LogP contribution < -0.4 is 5.32 Å². The van der Waals surface area contributed by atoms with Crippen molar-refractivity contribution in [3.63, 3.8) is 0 Å². The van der Waals surface area contributed by atoms with Crippen LogP contribution in [-0.2, 0) is 9.84 Å². The normalized spacial score (nSPS) is 23.2. The maximum absolute atomic E-state index is 12.7. The first-order valence-electron chi connectivity index (χ1n) is 4.97. The summed E-state index contributed by atoms with van der Waals surface area (Å²) >= 11 is 0. The second kappa shape index (κ2) is 4.32. The van der Waals surface area contributed by atoms with E-state index in [-0.39, 0.29) is 17.4 Å². The van der Waals surface area contributed by atoms with Crippen LogP contribution in [0, 0.1) is 11.9 Å². The molecule has 1 saturated heterocycles. The predicted molar refractivity (Wildman–Crippen MR) is 57.2 cm³/mol. The molecule has 1 aromatic heterocycles. The van der Waals surface area contributed by atoms with E-state index < -0.39 is 15.8 Å². The highest BCUT2D eigenvalue weighted by molar-refractivity contribution is 7.91. The zero-order valence-corrected chi connectivity index (χ0v) is 9.37. The van der Waals surface area contributed by atoms with Gasteiger partial charge in [-0.1, -0.05) is 0 Å². The molecule has 1 N–H and O–H groups in total. The van der Waals surface area contributed by atoms with Crippen molar-refractivity contribution in [1.29, 1.82) is 0 Å². The highest BCUT2D eigenvalue weighted by Gasteiger charge is 2.27. The van der Waals surface area contributed by atoms with Crippen LogP contribution in [0.3, 0.4) is 0 Å². The molecular weight excluding hydrogens is 233 g/mol. The minimum absolute atomic E-state index is 0.0861. The van der Waals surface area contributed by atoms with Crippen LogP contribution in [0.4, 0.5) is 10.2 Å². The number of nitrogens with zero attached hydrogens (tertiary/aromatic N) is 2. The fraction of sp³-hybridized carbons (Fsp3) is 0.556. The van der Waals surface area contributed by atoms with E-state index >= 15 is 0 Å². The van der Waals surface area contributed by atoms with Crippen molar-refractivity contribution in [2.24, 2.45) is 5.92 Å². The van der Waals surface area contributed by atoms with Gasteiger partial charge in [0.2, 0.25) is 5.95 Å². The lowest BCUT2D eigenvalue weighted by Gasteiger charge is -2.09. The smallest absolute Gasteiger partial charge is 0.217 e. The molecule has 0 aromatic carbocycles. The molecule has 0 amide bonds. The Labute approximate surface area is 93.0 Å². The van der Waals surface area contributed by atoms with Crippen LogP contribution >= 0.6 is 0 Å². The first kappa shape index (κ1) is 11.3. The summed E-state index contributed by atoms with van der Waals surface area (Å²) in [4.78, 5) is 7.15. The molecule has 88 valence electrons. The lowest BCUT2D eigenvalue weighted by molar-refractivity contribution is 0.577. The summed E-state index contributed by atoms with van der Waals surface area (Å²) in [7, 11) is -2.85. The van der Waals surface area contributed by atoms with E-state index in [1.807, 2.05) is 0 Å². The molecule has 0 aliphatic carbocycles. The van der Waals surface area contributed by atoms with Gasteiger partial charge in [-0.15, -0.1) is 0 Å². The van der Waals surface area contributed by atoms with Gasteiger partial charge in [0.15, 0.2) is 9.84 Å². The zero-order chi connectivity index (χ0) is 11.6. The van der Waals surface area contributed by atoms with Gasteiger partial charge >= 0.3 is 0 Å². The lowest BCUT2D eigenvalue weighted by Crippen LogP contribution is -2.16. The standard InChI is InChI=1S/C9H12FN3O2S/c10-8-3-9(13-6-12-8)11-4-7-1-2-16(14,15)5-7/h3,6-7H,1-2,4-5H2,(H,11,12,13). The number of anilines is 1. The Morgan fingerprint density at radius 1 is 1.50 bits per heavy atom. The number of sulfone groups is 1. The molecule has 1 fully saturated rings. The van der Waals surface area contributed by atoms with Gasteiger partial charge < -0.3 is 5.32 Å². The van der Waals surface area contributed by atoms with Crippen molar-refractivity contribution in [3.05, 3.63) is 18.3 Å². The van der Waals surface area contributed by atoms with Crippen molar-refractivity contribution in [2.45, 2.75) is 6.42 Å². The topological polar surface area (TPSA) is 72.0 Å². The SMILES string of the molecule is O=S1(=O)CCC(CNc2cc(F)ncn2)C1. The summed E-state index contributed by atoms with van der Waals surface area (Å²) in [6.07, 6.45) is 1.78. The van der Waals surface area contributed by atoms with Gasteiger partial charge in [0.25, 0.3) is 0 Å². The molecular formula is C9H12FN3O2S. The molecule has 0 saturated carbocycles. The second-order valence-electron chi connectivity index (χ2n) is 3.88. The highest BCUT2D eigenvalue weighted by Crippen LogP contribution is 2.18. The number of aromatic nitrogens is 2. The molecule has 1 aliphatic heterocycles. The molecule has 7 heteroatoms. The van der Waals surface area contributed by atoms with Gasteiger partial charge in [0, 0.05) is 12.6 Å². The molecule has 2 rings (SSSR count). The molecule has 5 nitrogen and oxygen atoms in total. The summed E-state index contributed by atoms with van der Waals surface area (Å²) in [6.45, 7) is 0.496. The van der Waals surface area contributed by atoms with Gasteiger partial charge in [0.05, 0.1) is 11.5 Å². The summed E-state index contributed by atoms with van der Waals surface area (Å²) in [5, 5.41) is 2.91. The molecule has 1 atom stereocenters. The van der Waals surface area contributed by atoms with Gasteiger partial charge in [-0.2, -0.15) is 4.39 Å². The number of hydrogen-bond donors (Lipinski definition) is 1. The number of halogens is 1. The molecule has 0 radical (unpaired) electrons. The molecule has 1 aromatic rings. The van der Waals surface area contributed by atoms with E-state index in [9.17, 15) is 12.8 Å². The number of rotatable bonds is 3. The average Bonchev–Trinajstić information content (AvgIpc) is 2.56. The predicted octanol–water partition coefficient (Wildman–Crippen LogP) is 0.462. The zero-order valence-electron chi connectivity index (χ0n) is 8.56. The quantitative estimate of drug-likeness (QED) is 0.783. The van der Waals surface area contributed by atoms with Gasteiger partial charge in [-0.3, -0.25) is 0 Å². The third-order valence-corrected chi connectivity index (χ3v) is 4.37. The minimum atomic E-state index is -2.85. The summed E-state index contributed by atoms with van der Waals surface area (Å²) in [5.41, 5.74) is 0. The summed E-state index contributed by atoms with van der Waals surface area (Å²) < 4.78 is 35.1. The van der Waals surface area contributed by atoms with Gasteiger partial charge in [0.1, 0.15) is 12.1 Å². The van der Waals surface area contributed by atoms with E-state index in [1.54, 1.807) is 0 Å². The Balaban J connectivity index is 1.89. The van der Waals surface area contributed by atoms with Crippen molar-refractivity contribution in [1.82, 2.24) is 9.97 Å². The van der Waals surface area contributed by atoms with E-state index in [2.05, 4.69) is 15.3 Å². The third-order valence-electron chi connectivity index (χ3n) is 2.53. The number of hydrogen-bond acceptors (Lipinski definition) is 5. The highest BCUT2D eigenvalue weighted by atomic mass is 32.2. The molecule has 1 aliphatic rings. The van der Waals surface area contributed by atoms with Gasteiger partial charge in [-0.25, -0.2) is 18.4 Å². The molecule has 16 heavy (non-hydrogen) atoms. The Hall–Kier alpha value is -1.24. The summed E-state index contributed by atoms with van der Waals surface area (Å²) in [5.74, 6) is 0.321. The Morgan fingerprint density at radius 2 is 2.31 bits per heavy atom. The van der Waals surface area contributed by atoms with E-state index in [1.165, 1.54) is 6.07 Å². The first-order valence-corrected chi connectivity index (χ1v) is 6.79. The van der Waals surface area contributed by atoms with Crippen LogP contribution in [0.1, 0.15) is 6.42 Å². The fourth-order valence-electron chi connectivity index (χ4n) is 1.71. The Bertz CT molecular complexity index is 477. The largest absolute Gasteiger partial charge is 0.370 e. The van der Waals surface area contributed by atoms with E-state index in [0.717, 1.165) is 6.33 Å². The maximum atomic E-state index is 12.7. The minimum Gasteiger partial charge on any atom is -0.370 e. The average molecular weight is 245 g/mol. The van der Waals surface area contributed by atoms with Crippen molar-refractivity contribution in [3.8, 4) is 0 Å². The van der Waals surface area contributed by atoms with Crippen LogP contribution in [0.25, 0.3) is 0 Å². The Kier molecular flexibility index (Phi) is 3.04. The molecule has 0 bridgehead atoms. The molecule has 1 unspecified atom stereocenters. The van der Waals surface area contributed by atoms with Crippen LogP contribution in [-0.4, -0.2) is 36.4 Å². The van der Waals surface area contributed by atoms with Crippen molar-refractivity contribution in [2.75, 3.05) is 23.4 Å². The third kappa shape index (κ3) is 2.88. The fourth-order valence-corrected chi connectivity index (χ4v) is 3.57. The molecule has 0 spiro atoms. The van der Waals surface area contributed by atoms with Crippen LogP contribution in [0.2, 0.25) is 0 Å². The monoisotopic (exact) mass is 245 g/mol. The van der Waals surface area contributed by atoms with E-state index in [0.29, 0.717) is 18.8 Å². The molecule has 2 heterocycles. The number of nitrogens with one attached hydrogen (secondary N) is 1. The lowest BCUT2D eigenvalue weighted by atomic mass is 10.1. The van der Waals surface area contributed by atoms with Crippen molar-refractivity contribution < 1.29 is 12.8 Å². The van der Waals surface area contributed by atoms with Crippen LogP contribution in [0.5, 0.6) is 0 Å². The van der Waals surface area contributed by atoms with Crippen molar-refractivity contribution >= 4 is 15.7 Å². The first-order chi connectivity index (χ1) is 7.55.